The summed E-state index contributed by atoms with van der Waals surface area (Å²) in [5.74, 6) is 2.04. The van der Waals surface area contributed by atoms with Gasteiger partial charge in [-0.1, -0.05) is 36.9 Å². The highest BCUT2D eigenvalue weighted by Crippen LogP contribution is 2.16. The summed E-state index contributed by atoms with van der Waals surface area (Å²) in [6.45, 7) is 5.70. The number of rotatable bonds is 8. The fourth-order valence-electron chi connectivity index (χ4n) is 2.57. The van der Waals surface area contributed by atoms with Crippen molar-refractivity contribution in [3.63, 3.8) is 0 Å². The summed E-state index contributed by atoms with van der Waals surface area (Å²) in [5, 5.41) is 4.34. The standard InChI is InChI=1S/C19H23N5S/c1-3-10-25-19-22-12-16(13-23-19)11-20-14-17-6-4-5-7-18(17)24-9-8-21-15(24)2/h4-9,12-13,20H,3,10-11,14H2,1-2H3. The van der Waals surface area contributed by atoms with E-state index in [0.29, 0.717) is 0 Å². The number of benzene rings is 1. The zero-order valence-electron chi connectivity index (χ0n) is 14.6. The van der Waals surface area contributed by atoms with Crippen LogP contribution in [0.3, 0.4) is 0 Å². The molecule has 1 aromatic carbocycles. The Morgan fingerprint density at radius 2 is 1.88 bits per heavy atom. The van der Waals surface area contributed by atoms with Gasteiger partial charge in [0.25, 0.3) is 0 Å². The SMILES string of the molecule is CCCSc1ncc(CNCc2ccccc2-n2ccnc2C)cn1. The highest BCUT2D eigenvalue weighted by molar-refractivity contribution is 7.99. The first kappa shape index (κ1) is 17.6. The molecule has 0 bridgehead atoms. The molecular formula is C19H23N5S. The van der Waals surface area contributed by atoms with E-state index in [2.05, 4.69) is 56.0 Å². The van der Waals surface area contributed by atoms with Crippen LogP contribution in [0.4, 0.5) is 0 Å². The molecule has 2 heterocycles. The maximum absolute atomic E-state index is 4.41. The molecule has 6 heteroatoms. The first-order valence-electron chi connectivity index (χ1n) is 8.50. The van der Waals surface area contributed by atoms with Gasteiger partial charge < -0.3 is 9.88 Å². The lowest BCUT2D eigenvalue weighted by Crippen LogP contribution is -2.15. The average molecular weight is 353 g/mol. The van der Waals surface area contributed by atoms with Crippen LogP contribution in [0.1, 0.15) is 30.3 Å². The van der Waals surface area contributed by atoms with Gasteiger partial charge in [0.15, 0.2) is 5.16 Å². The maximum atomic E-state index is 4.41. The van der Waals surface area contributed by atoms with Crippen molar-refractivity contribution in [1.29, 1.82) is 0 Å². The molecule has 0 amide bonds. The van der Waals surface area contributed by atoms with Crippen LogP contribution in [0.5, 0.6) is 0 Å². The van der Waals surface area contributed by atoms with Gasteiger partial charge in [0, 0.05) is 49.2 Å². The van der Waals surface area contributed by atoms with E-state index in [1.165, 1.54) is 5.56 Å². The van der Waals surface area contributed by atoms with Gasteiger partial charge in [-0.15, -0.1) is 0 Å². The Labute approximate surface area is 152 Å². The van der Waals surface area contributed by atoms with Crippen molar-refractivity contribution in [1.82, 2.24) is 24.8 Å². The highest BCUT2D eigenvalue weighted by Gasteiger charge is 2.06. The number of para-hydroxylation sites is 1. The second-order valence-corrected chi connectivity index (χ2v) is 6.86. The first-order chi connectivity index (χ1) is 12.3. The molecule has 25 heavy (non-hydrogen) atoms. The van der Waals surface area contributed by atoms with Gasteiger partial charge >= 0.3 is 0 Å². The predicted octanol–water partition coefficient (Wildman–Crippen LogP) is 3.76. The molecule has 0 fully saturated rings. The Bertz CT molecular complexity index is 798. The molecule has 0 radical (unpaired) electrons. The molecule has 130 valence electrons. The van der Waals surface area contributed by atoms with Crippen molar-refractivity contribution in [3.8, 4) is 5.69 Å². The minimum Gasteiger partial charge on any atom is -0.308 e. The zero-order valence-corrected chi connectivity index (χ0v) is 15.5. The van der Waals surface area contributed by atoms with E-state index in [4.69, 9.17) is 0 Å². The molecule has 0 saturated carbocycles. The van der Waals surface area contributed by atoms with Crippen LogP contribution in [-0.2, 0) is 13.1 Å². The monoisotopic (exact) mass is 353 g/mol. The number of nitrogens with zero attached hydrogens (tertiary/aromatic N) is 4. The van der Waals surface area contributed by atoms with Gasteiger partial charge in [0.05, 0.1) is 5.69 Å². The van der Waals surface area contributed by atoms with Crippen molar-refractivity contribution in [2.45, 2.75) is 38.5 Å². The van der Waals surface area contributed by atoms with Crippen molar-refractivity contribution in [3.05, 3.63) is 66.0 Å². The summed E-state index contributed by atoms with van der Waals surface area (Å²) >= 11 is 1.70. The Morgan fingerprint density at radius 3 is 2.60 bits per heavy atom. The molecule has 2 aromatic heterocycles. The minimum atomic E-state index is 0.746. The fraction of sp³-hybridized carbons (Fsp3) is 0.316. The molecule has 0 unspecified atom stereocenters. The van der Waals surface area contributed by atoms with Crippen LogP contribution in [0, 0.1) is 6.92 Å². The second-order valence-electron chi connectivity index (χ2n) is 5.80. The number of hydrogen-bond donors (Lipinski definition) is 1. The Kier molecular flexibility index (Phi) is 6.19. The van der Waals surface area contributed by atoms with E-state index in [-0.39, 0.29) is 0 Å². The number of nitrogens with one attached hydrogen (secondary N) is 1. The molecule has 0 atom stereocenters. The van der Waals surface area contributed by atoms with Crippen molar-refractivity contribution in [2.75, 3.05) is 5.75 Å². The van der Waals surface area contributed by atoms with Gasteiger partial charge in [0.1, 0.15) is 5.82 Å². The zero-order chi connectivity index (χ0) is 17.5. The van der Waals surface area contributed by atoms with Gasteiger partial charge in [0.2, 0.25) is 0 Å². The van der Waals surface area contributed by atoms with Gasteiger partial charge in [-0.25, -0.2) is 15.0 Å². The molecule has 5 nitrogen and oxygen atoms in total. The third-order valence-corrected chi connectivity index (χ3v) is 4.92. The first-order valence-corrected chi connectivity index (χ1v) is 9.49. The summed E-state index contributed by atoms with van der Waals surface area (Å²) in [7, 11) is 0. The van der Waals surface area contributed by atoms with E-state index in [1.807, 2.05) is 31.7 Å². The number of aryl methyl sites for hydroxylation is 1. The van der Waals surface area contributed by atoms with Crippen molar-refractivity contribution >= 4 is 11.8 Å². The van der Waals surface area contributed by atoms with E-state index in [0.717, 1.165) is 47.5 Å². The van der Waals surface area contributed by atoms with Crippen LogP contribution in [-0.4, -0.2) is 25.3 Å². The summed E-state index contributed by atoms with van der Waals surface area (Å²) in [4.78, 5) is 13.1. The number of thioether (sulfide) groups is 1. The van der Waals surface area contributed by atoms with E-state index >= 15 is 0 Å². The third kappa shape index (κ3) is 4.67. The van der Waals surface area contributed by atoms with E-state index in [9.17, 15) is 0 Å². The largest absolute Gasteiger partial charge is 0.308 e. The Balaban J connectivity index is 1.60. The van der Waals surface area contributed by atoms with E-state index < -0.39 is 0 Å². The van der Waals surface area contributed by atoms with Crippen LogP contribution >= 0.6 is 11.8 Å². The lowest BCUT2D eigenvalue weighted by Gasteiger charge is -2.12. The Hall–Kier alpha value is -2.18. The van der Waals surface area contributed by atoms with Crippen LogP contribution in [0.25, 0.3) is 5.69 Å². The molecule has 3 rings (SSSR count). The lowest BCUT2D eigenvalue weighted by atomic mass is 10.1. The lowest BCUT2D eigenvalue weighted by molar-refractivity contribution is 0.681. The number of hydrogen-bond acceptors (Lipinski definition) is 5. The topological polar surface area (TPSA) is 55.6 Å². The van der Waals surface area contributed by atoms with Crippen LogP contribution < -0.4 is 5.32 Å². The smallest absolute Gasteiger partial charge is 0.187 e. The predicted molar refractivity (Wildman–Crippen MR) is 102 cm³/mol. The summed E-state index contributed by atoms with van der Waals surface area (Å²) < 4.78 is 2.11. The molecule has 0 aliphatic rings. The quantitative estimate of drug-likeness (QED) is 0.493. The summed E-state index contributed by atoms with van der Waals surface area (Å²) in [6, 6.07) is 8.38. The third-order valence-electron chi connectivity index (χ3n) is 3.84. The van der Waals surface area contributed by atoms with Crippen molar-refractivity contribution < 1.29 is 0 Å². The van der Waals surface area contributed by atoms with Gasteiger partial charge in [-0.05, 0) is 25.0 Å². The summed E-state index contributed by atoms with van der Waals surface area (Å²) in [6.07, 6.45) is 8.77. The van der Waals surface area contributed by atoms with Gasteiger partial charge in [-0.3, -0.25) is 0 Å². The molecular weight excluding hydrogens is 330 g/mol. The van der Waals surface area contributed by atoms with Gasteiger partial charge in [-0.2, -0.15) is 0 Å². The van der Waals surface area contributed by atoms with Crippen LogP contribution in [0.15, 0.2) is 54.2 Å². The number of aromatic nitrogens is 4. The minimum absolute atomic E-state index is 0.746. The molecule has 0 aliphatic carbocycles. The average Bonchev–Trinajstić information content (AvgIpc) is 3.07. The van der Waals surface area contributed by atoms with Crippen molar-refractivity contribution in [2.24, 2.45) is 0 Å². The summed E-state index contributed by atoms with van der Waals surface area (Å²) in [5.41, 5.74) is 3.49. The molecule has 0 saturated heterocycles. The fourth-order valence-corrected chi connectivity index (χ4v) is 3.21. The molecule has 3 aromatic rings. The second kappa shape index (κ2) is 8.78. The molecule has 1 N–H and O–H groups in total. The number of imidazole rings is 1. The van der Waals surface area contributed by atoms with Crippen LogP contribution in [0.2, 0.25) is 0 Å². The molecule has 0 spiro atoms. The normalized spacial score (nSPS) is 11.0. The Morgan fingerprint density at radius 1 is 1.08 bits per heavy atom. The maximum Gasteiger partial charge on any atom is 0.187 e. The highest BCUT2D eigenvalue weighted by atomic mass is 32.2. The van der Waals surface area contributed by atoms with E-state index in [1.54, 1.807) is 11.8 Å². The molecule has 0 aliphatic heterocycles.